The first-order chi connectivity index (χ1) is 14.1. The van der Waals surface area contributed by atoms with Gasteiger partial charge in [0.25, 0.3) is 0 Å². The van der Waals surface area contributed by atoms with Crippen LogP contribution < -0.4 is 4.74 Å². The number of aryl methyl sites for hydroxylation is 1. The van der Waals surface area contributed by atoms with Gasteiger partial charge in [-0.1, -0.05) is 23.5 Å². The number of para-hydroxylation sites is 2. The molecule has 0 spiro atoms. The van der Waals surface area contributed by atoms with Gasteiger partial charge in [0.1, 0.15) is 16.5 Å². The van der Waals surface area contributed by atoms with E-state index in [4.69, 9.17) is 14.5 Å². The number of benzene rings is 2. The van der Waals surface area contributed by atoms with Crippen molar-refractivity contribution in [3.63, 3.8) is 0 Å². The molecular formula is C21H18N4O3S. The standard InChI is InChI=1S/C21H18N4O3S/c1-3-27-18(26)12-28-15-10-8-14(9-11-15)20-24-25-21(29-20)19-13(2)22-16-6-4-5-7-17(16)23-19/h4-11H,3,12H2,1-2H3. The van der Waals surface area contributed by atoms with Crippen molar-refractivity contribution in [3.05, 3.63) is 54.2 Å². The van der Waals surface area contributed by atoms with E-state index < -0.39 is 5.97 Å². The lowest BCUT2D eigenvalue weighted by molar-refractivity contribution is -0.145. The smallest absolute Gasteiger partial charge is 0.344 e. The molecule has 0 unspecified atom stereocenters. The second-order valence-corrected chi connectivity index (χ2v) is 7.15. The summed E-state index contributed by atoms with van der Waals surface area (Å²) >= 11 is 1.45. The van der Waals surface area contributed by atoms with Crippen molar-refractivity contribution in [1.82, 2.24) is 20.2 Å². The molecule has 2 aromatic carbocycles. The van der Waals surface area contributed by atoms with E-state index in [0.717, 1.165) is 38.0 Å². The molecule has 0 bridgehead atoms. The van der Waals surface area contributed by atoms with E-state index in [0.29, 0.717) is 12.4 Å². The number of nitrogens with zero attached hydrogens (tertiary/aromatic N) is 4. The van der Waals surface area contributed by atoms with Crippen LogP contribution in [0.5, 0.6) is 5.75 Å². The summed E-state index contributed by atoms with van der Waals surface area (Å²) in [5.41, 5.74) is 4.14. The number of hydrogen-bond donors (Lipinski definition) is 0. The minimum atomic E-state index is -0.391. The maximum Gasteiger partial charge on any atom is 0.344 e. The Morgan fingerprint density at radius 1 is 0.966 bits per heavy atom. The van der Waals surface area contributed by atoms with Crippen LogP contribution in [0, 0.1) is 6.92 Å². The van der Waals surface area contributed by atoms with E-state index in [9.17, 15) is 4.79 Å². The molecule has 146 valence electrons. The number of esters is 1. The summed E-state index contributed by atoms with van der Waals surface area (Å²) in [5.74, 6) is 0.194. The fraction of sp³-hybridized carbons (Fsp3) is 0.190. The fourth-order valence-corrected chi connectivity index (χ4v) is 3.66. The minimum Gasteiger partial charge on any atom is -0.482 e. The van der Waals surface area contributed by atoms with Gasteiger partial charge < -0.3 is 9.47 Å². The second kappa shape index (κ2) is 8.32. The van der Waals surface area contributed by atoms with Gasteiger partial charge in [0, 0.05) is 5.56 Å². The molecule has 0 aliphatic heterocycles. The lowest BCUT2D eigenvalue weighted by atomic mass is 10.2. The average molecular weight is 406 g/mol. The van der Waals surface area contributed by atoms with Crippen LogP contribution in [0.3, 0.4) is 0 Å². The van der Waals surface area contributed by atoms with Gasteiger partial charge in [-0.25, -0.2) is 14.8 Å². The number of carbonyl (C=O) groups is 1. The van der Waals surface area contributed by atoms with Gasteiger partial charge in [-0.2, -0.15) is 0 Å². The number of rotatable bonds is 6. The molecule has 0 fully saturated rings. The zero-order chi connectivity index (χ0) is 20.2. The first-order valence-electron chi connectivity index (χ1n) is 9.10. The fourth-order valence-electron chi connectivity index (χ4n) is 2.77. The highest BCUT2D eigenvalue weighted by Crippen LogP contribution is 2.31. The van der Waals surface area contributed by atoms with Crippen molar-refractivity contribution in [1.29, 1.82) is 0 Å². The third kappa shape index (κ3) is 4.22. The van der Waals surface area contributed by atoms with Crippen molar-refractivity contribution in [2.45, 2.75) is 13.8 Å². The molecule has 0 radical (unpaired) electrons. The molecule has 7 nitrogen and oxygen atoms in total. The molecule has 0 saturated heterocycles. The molecule has 4 aromatic rings. The van der Waals surface area contributed by atoms with E-state index in [1.807, 2.05) is 43.3 Å². The molecule has 0 amide bonds. The van der Waals surface area contributed by atoms with E-state index >= 15 is 0 Å². The topological polar surface area (TPSA) is 87.1 Å². The maximum atomic E-state index is 11.4. The zero-order valence-corrected chi connectivity index (χ0v) is 16.8. The Labute approximate surface area is 171 Å². The largest absolute Gasteiger partial charge is 0.482 e. The van der Waals surface area contributed by atoms with Crippen LogP contribution in [-0.4, -0.2) is 39.3 Å². The SMILES string of the molecule is CCOC(=O)COc1ccc(-c2nnc(-c3nc4ccccc4nc3C)s2)cc1. The number of aromatic nitrogens is 4. The quantitative estimate of drug-likeness (QED) is 0.446. The minimum absolute atomic E-state index is 0.115. The van der Waals surface area contributed by atoms with E-state index in [1.165, 1.54) is 11.3 Å². The normalized spacial score (nSPS) is 10.8. The molecule has 2 aromatic heterocycles. The van der Waals surface area contributed by atoms with Gasteiger partial charge in [0.15, 0.2) is 11.6 Å². The summed E-state index contributed by atoms with van der Waals surface area (Å²) in [6.07, 6.45) is 0. The maximum absolute atomic E-state index is 11.4. The Morgan fingerprint density at radius 2 is 1.66 bits per heavy atom. The molecule has 0 aliphatic rings. The third-order valence-electron chi connectivity index (χ3n) is 4.14. The molecule has 2 heterocycles. The van der Waals surface area contributed by atoms with Gasteiger partial charge in [-0.3, -0.25) is 0 Å². The molecular weight excluding hydrogens is 388 g/mol. The van der Waals surface area contributed by atoms with Crippen LogP contribution in [0.2, 0.25) is 0 Å². The Hall–Kier alpha value is -3.39. The highest BCUT2D eigenvalue weighted by molar-refractivity contribution is 7.17. The van der Waals surface area contributed by atoms with Gasteiger partial charge in [-0.15, -0.1) is 10.2 Å². The highest BCUT2D eigenvalue weighted by atomic mass is 32.1. The summed E-state index contributed by atoms with van der Waals surface area (Å²) in [7, 11) is 0. The Balaban J connectivity index is 1.53. The second-order valence-electron chi connectivity index (χ2n) is 6.18. The summed E-state index contributed by atoms with van der Waals surface area (Å²) < 4.78 is 10.3. The lowest BCUT2D eigenvalue weighted by Crippen LogP contribution is -2.14. The predicted octanol–water partition coefficient (Wildman–Crippen LogP) is 4.07. The zero-order valence-electron chi connectivity index (χ0n) is 16.0. The molecule has 4 rings (SSSR count). The van der Waals surface area contributed by atoms with Crippen molar-refractivity contribution in [3.8, 4) is 27.0 Å². The Morgan fingerprint density at radius 3 is 2.38 bits per heavy atom. The number of hydrogen-bond acceptors (Lipinski definition) is 8. The molecule has 0 aliphatic carbocycles. The van der Waals surface area contributed by atoms with Gasteiger partial charge in [0.2, 0.25) is 0 Å². The number of fused-ring (bicyclic) bond motifs is 1. The summed E-state index contributed by atoms with van der Waals surface area (Å²) in [5, 5.41) is 10.1. The van der Waals surface area contributed by atoms with E-state index in [-0.39, 0.29) is 6.61 Å². The van der Waals surface area contributed by atoms with Crippen LogP contribution in [0.1, 0.15) is 12.6 Å². The number of carbonyl (C=O) groups excluding carboxylic acids is 1. The van der Waals surface area contributed by atoms with Gasteiger partial charge >= 0.3 is 5.97 Å². The molecule has 8 heteroatoms. The molecule has 0 N–H and O–H groups in total. The lowest BCUT2D eigenvalue weighted by Gasteiger charge is -2.06. The average Bonchev–Trinajstić information content (AvgIpc) is 3.22. The van der Waals surface area contributed by atoms with Crippen molar-refractivity contribution in [2.24, 2.45) is 0 Å². The first-order valence-corrected chi connectivity index (χ1v) is 9.92. The summed E-state index contributed by atoms with van der Waals surface area (Å²) in [6.45, 7) is 3.90. The molecule has 0 saturated carbocycles. The van der Waals surface area contributed by atoms with Crippen LogP contribution in [0.4, 0.5) is 0 Å². The van der Waals surface area contributed by atoms with Crippen LogP contribution in [0.25, 0.3) is 32.3 Å². The highest BCUT2D eigenvalue weighted by Gasteiger charge is 2.14. The molecule has 0 atom stereocenters. The summed E-state index contributed by atoms with van der Waals surface area (Å²) in [4.78, 5) is 20.7. The van der Waals surface area contributed by atoms with Crippen molar-refractivity contribution >= 4 is 28.3 Å². The third-order valence-corrected chi connectivity index (χ3v) is 5.11. The van der Waals surface area contributed by atoms with E-state index in [2.05, 4.69) is 15.2 Å². The summed E-state index contributed by atoms with van der Waals surface area (Å²) in [6, 6.07) is 15.1. The van der Waals surface area contributed by atoms with Crippen LogP contribution >= 0.6 is 11.3 Å². The van der Waals surface area contributed by atoms with Crippen LogP contribution in [-0.2, 0) is 9.53 Å². The van der Waals surface area contributed by atoms with Gasteiger partial charge in [0.05, 0.1) is 23.3 Å². The number of ether oxygens (including phenoxy) is 2. The predicted molar refractivity (Wildman–Crippen MR) is 111 cm³/mol. The first kappa shape index (κ1) is 18.9. The van der Waals surface area contributed by atoms with Crippen molar-refractivity contribution < 1.29 is 14.3 Å². The van der Waals surface area contributed by atoms with Crippen molar-refractivity contribution in [2.75, 3.05) is 13.2 Å². The van der Waals surface area contributed by atoms with Gasteiger partial charge in [-0.05, 0) is 50.2 Å². The monoisotopic (exact) mass is 406 g/mol. The Kier molecular flexibility index (Phi) is 5.44. The molecule has 29 heavy (non-hydrogen) atoms. The van der Waals surface area contributed by atoms with Crippen LogP contribution in [0.15, 0.2) is 48.5 Å². The van der Waals surface area contributed by atoms with E-state index in [1.54, 1.807) is 19.1 Å². The Bertz CT molecular complexity index is 1160.